The van der Waals surface area contributed by atoms with E-state index in [0.717, 1.165) is 22.4 Å². The van der Waals surface area contributed by atoms with Crippen LogP contribution in [-0.2, 0) is 16.4 Å². The Kier molecular flexibility index (Phi) is 5.81. The Balaban J connectivity index is 2.24. The first-order chi connectivity index (χ1) is 13.9. The lowest BCUT2D eigenvalue weighted by atomic mass is 9.84. The van der Waals surface area contributed by atoms with Crippen molar-refractivity contribution in [3.8, 4) is 11.8 Å². The van der Waals surface area contributed by atoms with Crippen molar-refractivity contribution in [3.05, 3.63) is 69.1 Å². The first-order valence-corrected chi connectivity index (χ1v) is 12.5. The van der Waals surface area contributed by atoms with E-state index in [0.29, 0.717) is 17.9 Å². The monoisotopic (exact) mass is 421 g/mol. The molecule has 1 aliphatic rings. The molecular formula is C24H29N2O3Si. The van der Waals surface area contributed by atoms with Gasteiger partial charge in [0.25, 0.3) is 5.56 Å². The molecule has 30 heavy (non-hydrogen) atoms. The lowest BCUT2D eigenvalue weighted by Gasteiger charge is -2.32. The molecule has 0 atom stereocenters. The lowest BCUT2D eigenvalue weighted by molar-refractivity contribution is 0.157. The average Bonchev–Trinajstić information content (AvgIpc) is 2.63. The molecule has 0 amide bonds. The molecule has 0 saturated carbocycles. The summed E-state index contributed by atoms with van der Waals surface area (Å²) in [6, 6.07) is 9.46. The van der Waals surface area contributed by atoms with Crippen LogP contribution in [0, 0.1) is 11.3 Å². The Morgan fingerprint density at radius 1 is 1.23 bits per heavy atom. The van der Waals surface area contributed by atoms with E-state index >= 15 is 0 Å². The SMILES string of the molecule is C[Si](C)OCc1ccn(C2=CC(C)(C)Oc3ccc(C#N)cc32)c(=O)c1C(C)(C)C. The van der Waals surface area contributed by atoms with Crippen LogP contribution in [0.25, 0.3) is 5.70 Å². The fraction of sp³-hybridized carbons (Fsp3) is 0.417. The Hall–Kier alpha value is -2.62. The maximum atomic E-state index is 13.7. The molecule has 1 aliphatic heterocycles. The Morgan fingerprint density at radius 2 is 1.93 bits per heavy atom. The topological polar surface area (TPSA) is 64.2 Å². The van der Waals surface area contributed by atoms with Crippen LogP contribution in [0.4, 0.5) is 0 Å². The standard InChI is InChI=1S/C24H29N2O3Si/c1-23(2,3)21-17(15-28-30(6)7)10-11-26(22(21)27)19-13-24(4,5)29-20-9-8-16(14-25)12-18(19)20/h8-13H,15H2,1-7H3. The van der Waals surface area contributed by atoms with Crippen LogP contribution in [-0.4, -0.2) is 19.2 Å². The predicted molar refractivity (Wildman–Crippen MR) is 121 cm³/mol. The maximum Gasteiger partial charge on any atom is 0.259 e. The van der Waals surface area contributed by atoms with Crippen molar-refractivity contribution in [1.29, 1.82) is 5.26 Å². The van der Waals surface area contributed by atoms with Crippen LogP contribution in [0.2, 0.25) is 13.1 Å². The van der Waals surface area contributed by atoms with Crippen LogP contribution >= 0.6 is 0 Å². The molecule has 3 rings (SSSR count). The van der Waals surface area contributed by atoms with Crippen molar-refractivity contribution < 1.29 is 9.16 Å². The van der Waals surface area contributed by atoms with Crippen LogP contribution in [0.15, 0.2) is 41.3 Å². The molecule has 6 heteroatoms. The number of benzene rings is 1. The highest BCUT2D eigenvalue weighted by Crippen LogP contribution is 2.37. The zero-order valence-corrected chi connectivity index (χ0v) is 19.8. The van der Waals surface area contributed by atoms with Gasteiger partial charge in [-0.05, 0) is 68.3 Å². The number of fused-ring (bicyclic) bond motifs is 1. The quantitative estimate of drug-likeness (QED) is 0.662. The van der Waals surface area contributed by atoms with E-state index in [1.807, 2.05) is 53.0 Å². The largest absolute Gasteiger partial charge is 0.483 e. The van der Waals surface area contributed by atoms with E-state index < -0.39 is 14.6 Å². The van der Waals surface area contributed by atoms with Gasteiger partial charge in [0.05, 0.1) is 23.9 Å². The second-order valence-electron chi connectivity index (χ2n) is 9.40. The second-order valence-corrected chi connectivity index (χ2v) is 11.5. The van der Waals surface area contributed by atoms with Crippen molar-refractivity contribution in [2.75, 3.05) is 0 Å². The molecule has 0 fully saturated rings. The van der Waals surface area contributed by atoms with Crippen molar-refractivity contribution in [2.45, 2.75) is 65.3 Å². The molecule has 0 N–H and O–H groups in total. The summed E-state index contributed by atoms with van der Waals surface area (Å²) in [5, 5.41) is 9.35. The minimum atomic E-state index is -0.866. The normalized spacial score (nSPS) is 15.2. The third kappa shape index (κ3) is 4.42. The first-order valence-electron chi connectivity index (χ1n) is 10.1. The van der Waals surface area contributed by atoms with Crippen molar-refractivity contribution in [1.82, 2.24) is 4.57 Å². The summed E-state index contributed by atoms with van der Waals surface area (Å²) >= 11 is 0. The van der Waals surface area contributed by atoms with Gasteiger partial charge in [0.1, 0.15) is 11.4 Å². The molecule has 2 heterocycles. The Bertz CT molecular complexity index is 1100. The molecule has 0 spiro atoms. The molecule has 0 saturated heterocycles. The Morgan fingerprint density at radius 3 is 2.53 bits per heavy atom. The van der Waals surface area contributed by atoms with Gasteiger partial charge in [0.2, 0.25) is 9.04 Å². The van der Waals surface area contributed by atoms with Gasteiger partial charge in [0.15, 0.2) is 0 Å². The number of rotatable bonds is 4. The number of hydrogen-bond acceptors (Lipinski definition) is 4. The summed E-state index contributed by atoms with van der Waals surface area (Å²) in [5.41, 5.74) is 2.68. The number of nitriles is 1. The summed E-state index contributed by atoms with van der Waals surface area (Å²) in [5.74, 6) is 0.664. The third-order valence-corrected chi connectivity index (χ3v) is 5.67. The first kappa shape index (κ1) is 22.1. The molecular weight excluding hydrogens is 392 g/mol. The smallest absolute Gasteiger partial charge is 0.259 e. The van der Waals surface area contributed by atoms with E-state index in [2.05, 4.69) is 19.2 Å². The van der Waals surface area contributed by atoms with Gasteiger partial charge in [-0.3, -0.25) is 9.36 Å². The van der Waals surface area contributed by atoms with Gasteiger partial charge in [-0.15, -0.1) is 0 Å². The van der Waals surface area contributed by atoms with Gasteiger partial charge in [-0.2, -0.15) is 5.26 Å². The molecule has 0 bridgehead atoms. The second kappa shape index (κ2) is 7.90. The molecule has 1 radical (unpaired) electrons. The van der Waals surface area contributed by atoms with Crippen LogP contribution in [0.5, 0.6) is 5.75 Å². The van der Waals surface area contributed by atoms with Gasteiger partial charge >= 0.3 is 0 Å². The van der Waals surface area contributed by atoms with E-state index in [1.54, 1.807) is 22.8 Å². The molecule has 0 unspecified atom stereocenters. The molecule has 1 aromatic heterocycles. The van der Waals surface area contributed by atoms with Crippen molar-refractivity contribution in [3.63, 3.8) is 0 Å². The van der Waals surface area contributed by atoms with Crippen molar-refractivity contribution >= 4 is 14.7 Å². The van der Waals surface area contributed by atoms with Crippen LogP contribution in [0.1, 0.15) is 56.9 Å². The average molecular weight is 422 g/mol. The Labute approximate surface area is 180 Å². The van der Waals surface area contributed by atoms with E-state index in [-0.39, 0.29) is 11.0 Å². The minimum absolute atomic E-state index is 0.0677. The highest BCUT2D eigenvalue weighted by molar-refractivity contribution is 6.48. The van der Waals surface area contributed by atoms with E-state index in [9.17, 15) is 10.1 Å². The van der Waals surface area contributed by atoms with Crippen LogP contribution in [0.3, 0.4) is 0 Å². The molecule has 5 nitrogen and oxygen atoms in total. The highest BCUT2D eigenvalue weighted by atomic mass is 28.3. The number of hydrogen-bond donors (Lipinski definition) is 0. The summed E-state index contributed by atoms with van der Waals surface area (Å²) in [7, 11) is -0.866. The third-order valence-electron chi connectivity index (χ3n) is 4.95. The molecule has 1 aromatic carbocycles. The van der Waals surface area contributed by atoms with E-state index in [4.69, 9.17) is 9.16 Å². The number of pyridine rings is 1. The summed E-state index contributed by atoms with van der Waals surface area (Å²) < 4.78 is 13.7. The number of aromatic nitrogens is 1. The number of ether oxygens (including phenoxy) is 1. The zero-order chi connectivity index (χ0) is 22.3. The van der Waals surface area contributed by atoms with Gasteiger partial charge in [0, 0.05) is 17.3 Å². The summed E-state index contributed by atoms with van der Waals surface area (Å²) in [4.78, 5) is 13.7. The van der Waals surface area contributed by atoms with Crippen molar-refractivity contribution in [2.24, 2.45) is 0 Å². The van der Waals surface area contributed by atoms with E-state index in [1.165, 1.54) is 0 Å². The highest BCUT2D eigenvalue weighted by Gasteiger charge is 2.30. The lowest BCUT2D eigenvalue weighted by Crippen LogP contribution is -2.35. The fourth-order valence-electron chi connectivity index (χ4n) is 3.72. The minimum Gasteiger partial charge on any atom is -0.483 e. The number of nitrogens with zero attached hydrogens (tertiary/aromatic N) is 2. The zero-order valence-electron chi connectivity index (χ0n) is 18.8. The van der Waals surface area contributed by atoms with Crippen LogP contribution < -0.4 is 10.3 Å². The fourth-order valence-corrected chi connectivity index (χ4v) is 4.16. The van der Waals surface area contributed by atoms with Gasteiger partial charge < -0.3 is 9.16 Å². The summed E-state index contributed by atoms with van der Waals surface area (Å²) in [6.07, 6.45) is 3.75. The predicted octanol–water partition coefficient (Wildman–Crippen LogP) is 4.85. The van der Waals surface area contributed by atoms with Gasteiger partial charge in [-0.1, -0.05) is 20.8 Å². The summed E-state index contributed by atoms with van der Waals surface area (Å²) in [6.45, 7) is 14.7. The molecule has 157 valence electrons. The molecule has 0 aliphatic carbocycles. The maximum absolute atomic E-state index is 13.7. The molecule has 2 aromatic rings. The van der Waals surface area contributed by atoms with Gasteiger partial charge in [-0.25, -0.2) is 0 Å².